The zero-order chi connectivity index (χ0) is 18.6. The van der Waals surface area contributed by atoms with E-state index in [4.69, 9.17) is 4.74 Å². The molecule has 0 unspecified atom stereocenters. The van der Waals surface area contributed by atoms with Gasteiger partial charge in [0.15, 0.2) is 5.78 Å². The number of anilines is 1. The van der Waals surface area contributed by atoms with E-state index >= 15 is 0 Å². The highest BCUT2D eigenvalue weighted by molar-refractivity contribution is 6.13. The summed E-state index contributed by atoms with van der Waals surface area (Å²) in [6.07, 6.45) is 6.37. The van der Waals surface area contributed by atoms with E-state index in [0.717, 1.165) is 30.8 Å². The van der Waals surface area contributed by atoms with Crippen LogP contribution in [0.1, 0.15) is 52.1 Å². The molecule has 6 heteroatoms. The number of H-pyrrole nitrogens is 1. The van der Waals surface area contributed by atoms with Crippen molar-refractivity contribution in [2.45, 2.75) is 32.1 Å². The van der Waals surface area contributed by atoms with Crippen LogP contribution in [0, 0.1) is 0 Å². The Balaban J connectivity index is 1.33. The zero-order valence-electron chi connectivity index (χ0n) is 15.4. The molecule has 2 aromatic rings. The van der Waals surface area contributed by atoms with Crippen LogP contribution in [-0.4, -0.2) is 47.8 Å². The molecule has 2 heterocycles. The quantitative estimate of drug-likeness (QED) is 0.822. The second kappa shape index (κ2) is 7.96. The van der Waals surface area contributed by atoms with Gasteiger partial charge in [-0.3, -0.25) is 14.5 Å². The summed E-state index contributed by atoms with van der Waals surface area (Å²) in [6.45, 7) is 3.95. The van der Waals surface area contributed by atoms with Crippen LogP contribution >= 0.6 is 0 Å². The van der Waals surface area contributed by atoms with Crippen LogP contribution in [0.5, 0.6) is 5.75 Å². The average Bonchev–Trinajstić information content (AvgIpc) is 3.33. The predicted molar refractivity (Wildman–Crippen MR) is 104 cm³/mol. The van der Waals surface area contributed by atoms with E-state index in [1.807, 2.05) is 24.3 Å². The van der Waals surface area contributed by atoms with Gasteiger partial charge in [-0.2, -0.15) is 0 Å². The number of aromatic nitrogens is 1. The lowest BCUT2D eigenvalue weighted by Crippen LogP contribution is -2.25. The molecule has 1 aliphatic carbocycles. The number of hydrogen-bond acceptors (Lipinski definition) is 4. The van der Waals surface area contributed by atoms with E-state index in [1.54, 1.807) is 6.20 Å². The number of rotatable bonds is 6. The highest BCUT2D eigenvalue weighted by Gasteiger charge is 2.25. The number of nitrogens with zero attached hydrogens (tertiary/aromatic N) is 1. The standard InChI is InChI=1S/C21H25N3O3/c25-19-5-3-4-18-20(19)17(14-22-18)21(26)23-15-6-8-16(9-7-15)27-13-12-24-10-1-2-11-24/h6-9,14,22H,1-5,10-13H2,(H,23,26). The second-order valence-electron chi connectivity index (χ2n) is 7.21. The Morgan fingerprint density at radius 1 is 1.11 bits per heavy atom. The largest absolute Gasteiger partial charge is 0.492 e. The van der Waals surface area contributed by atoms with Crippen LogP contribution in [0.4, 0.5) is 5.69 Å². The molecule has 27 heavy (non-hydrogen) atoms. The molecule has 1 aliphatic heterocycles. The van der Waals surface area contributed by atoms with Crippen LogP contribution < -0.4 is 10.1 Å². The number of carbonyl (C=O) groups excluding carboxylic acids is 2. The number of likely N-dealkylation sites (tertiary alicyclic amines) is 1. The molecule has 1 amide bonds. The number of ether oxygens (including phenoxy) is 1. The van der Waals surface area contributed by atoms with E-state index in [1.165, 1.54) is 25.9 Å². The van der Waals surface area contributed by atoms with Gasteiger partial charge >= 0.3 is 0 Å². The molecule has 0 radical (unpaired) electrons. The molecule has 0 saturated carbocycles. The molecule has 6 nitrogen and oxygen atoms in total. The normalized spacial score (nSPS) is 17.0. The van der Waals surface area contributed by atoms with Gasteiger partial charge in [0.1, 0.15) is 12.4 Å². The fourth-order valence-electron chi connectivity index (χ4n) is 3.84. The highest BCUT2D eigenvalue weighted by Crippen LogP contribution is 2.25. The third kappa shape index (κ3) is 4.06. The van der Waals surface area contributed by atoms with Crippen LogP contribution in [0.25, 0.3) is 0 Å². The van der Waals surface area contributed by atoms with Crippen molar-refractivity contribution in [1.29, 1.82) is 0 Å². The van der Waals surface area contributed by atoms with Crippen molar-refractivity contribution >= 4 is 17.4 Å². The molecule has 1 saturated heterocycles. The Kier molecular flexibility index (Phi) is 5.25. The molecule has 1 fully saturated rings. The van der Waals surface area contributed by atoms with Crippen LogP contribution in [0.3, 0.4) is 0 Å². The maximum absolute atomic E-state index is 12.6. The molecule has 0 atom stereocenters. The van der Waals surface area contributed by atoms with Gasteiger partial charge in [-0.25, -0.2) is 0 Å². The minimum atomic E-state index is -0.259. The Morgan fingerprint density at radius 3 is 2.67 bits per heavy atom. The van der Waals surface area contributed by atoms with Crippen molar-refractivity contribution in [2.75, 3.05) is 31.6 Å². The summed E-state index contributed by atoms with van der Waals surface area (Å²) < 4.78 is 5.78. The fourth-order valence-corrected chi connectivity index (χ4v) is 3.84. The first kappa shape index (κ1) is 17.8. The number of Topliss-reactive ketones (excluding diaryl/α,β-unsaturated/α-hetero) is 1. The molecule has 0 bridgehead atoms. The zero-order valence-corrected chi connectivity index (χ0v) is 15.4. The molecular weight excluding hydrogens is 342 g/mol. The van der Waals surface area contributed by atoms with Gasteiger partial charge in [-0.05, 0) is 63.0 Å². The maximum atomic E-state index is 12.6. The second-order valence-corrected chi connectivity index (χ2v) is 7.21. The monoisotopic (exact) mass is 367 g/mol. The first-order chi connectivity index (χ1) is 13.2. The summed E-state index contributed by atoms with van der Waals surface area (Å²) in [6, 6.07) is 7.36. The third-order valence-corrected chi connectivity index (χ3v) is 5.30. The predicted octanol–water partition coefficient (Wildman–Crippen LogP) is 3.26. The molecular formula is C21H25N3O3. The number of aryl methyl sites for hydroxylation is 1. The van der Waals surface area contributed by atoms with Crippen LogP contribution in [-0.2, 0) is 6.42 Å². The van der Waals surface area contributed by atoms with Gasteiger partial charge in [-0.15, -0.1) is 0 Å². The van der Waals surface area contributed by atoms with Gasteiger partial charge in [0.2, 0.25) is 0 Å². The Bertz CT molecular complexity index is 820. The van der Waals surface area contributed by atoms with Crippen molar-refractivity contribution in [1.82, 2.24) is 9.88 Å². The number of ketones is 1. The Morgan fingerprint density at radius 2 is 1.89 bits per heavy atom. The average molecular weight is 367 g/mol. The van der Waals surface area contributed by atoms with E-state index in [-0.39, 0.29) is 11.7 Å². The van der Waals surface area contributed by atoms with Crippen LogP contribution in [0.15, 0.2) is 30.5 Å². The Labute approximate surface area is 158 Å². The summed E-state index contributed by atoms with van der Waals surface area (Å²) in [5.74, 6) is 0.580. The number of carbonyl (C=O) groups is 2. The first-order valence-electron chi connectivity index (χ1n) is 9.71. The van der Waals surface area contributed by atoms with Crippen molar-refractivity contribution in [3.63, 3.8) is 0 Å². The van der Waals surface area contributed by atoms with Crippen LogP contribution in [0.2, 0.25) is 0 Å². The molecule has 1 aromatic carbocycles. The molecule has 2 N–H and O–H groups in total. The summed E-state index contributed by atoms with van der Waals surface area (Å²) in [5.41, 5.74) is 2.55. The minimum Gasteiger partial charge on any atom is -0.492 e. The smallest absolute Gasteiger partial charge is 0.257 e. The summed E-state index contributed by atoms with van der Waals surface area (Å²) in [5, 5.41) is 2.87. The number of benzene rings is 1. The lowest BCUT2D eigenvalue weighted by molar-refractivity contribution is 0.0956. The van der Waals surface area contributed by atoms with Crippen molar-refractivity contribution in [3.8, 4) is 5.75 Å². The van der Waals surface area contributed by atoms with E-state index in [9.17, 15) is 9.59 Å². The van der Waals surface area contributed by atoms with Gasteiger partial charge < -0.3 is 15.0 Å². The van der Waals surface area contributed by atoms with Crippen molar-refractivity contribution in [2.24, 2.45) is 0 Å². The molecule has 142 valence electrons. The van der Waals surface area contributed by atoms with Gasteiger partial charge in [0, 0.05) is 30.5 Å². The van der Waals surface area contributed by atoms with Gasteiger partial charge in [-0.1, -0.05) is 0 Å². The first-order valence-corrected chi connectivity index (χ1v) is 9.71. The number of fused-ring (bicyclic) bond motifs is 1. The summed E-state index contributed by atoms with van der Waals surface area (Å²) >= 11 is 0. The number of nitrogens with one attached hydrogen (secondary N) is 2. The molecule has 4 rings (SSSR count). The minimum absolute atomic E-state index is 0.0457. The van der Waals surface area contributed by atoms with E-state index < -0.39 is 0 Å². The number of hydrogen-bond donors (Lipinski definition) is 2. The van der Waals surface area contributed by atoms with E-state index in [2.05, 4.69) is 15.2 Å². The molecule has 0 spiro atoms. The SMILES string of the molecule is O=C(Nc1ccc(OCCN2CCCC2)cc1)c1c[nH]c2c1C(=O)CCC2. The third-order valence-electron chi connectivity index (χ3n) is 5.30. The lowest BCUT2D eigenvalue weighted by atomic mass is 9.93. The molecule has 2 aliphatic rings. The number of amides is 1. The van der Waals surface area contributed by atoms with Crippen molar-refractivity contribution in [3.05, 3.63) is 47.3 Å². The topological polar surface area (TPSA) is 74.4 Å². The van der Waals surface area contributed by atoms with Gasteiger partial charge in [0.05, 0.1) is 11.1 Å². The van der Waals surface area contributed by atoms with Gasteiger partial charge in [0.25, 0.3) is 5.91 Å². The lowest BCUT2D eigenvalue weighted by Gasteiger charge is -2.15. The highest BCUT2D eigenvalue weighted by atomic mass is 16.5. The maximum Gasteiger partial charge on any atom is 0.257 e. The molecule has 1 aromatic heterocycles. The fraction of sp³-hybridized carbons (Fsp3) is 0.429. The van der Waals surface area contributed by atoms with Crippen molar-refractivity contribution < 1.29 is 14.3 Å². The van der Waals surface area contributed by atoms with E-state index in [0.29, 0.717) is 29.8 Å². The number of aromatic amines is 1. The summed E-state index contributed by atoms with van der Waals surface area (Å²) in [4.78, 5) is 30.2. The summed E-state index contributed by atoms with van der Waals surface area (Å²) in [7, 11) is 0. The Hall–Kier alpha value is -2.60.